The molecule has 6 heteroatoms. The van der Waals surface area contributed by atoms with Crippen molar-refractivity contribution >= 4 is 16.9 Å². The maximum Gasteiger partial charge on any atom is 0.251 e. The molecule has 2 aromatic carbocycles. The number of carbonyl (C=O) groups excluding carboxylic acids is 1. The first-order valence-corrected chi connectivity index (χ1v) is 6.75. The molecule has 3 aromatic rings. The standard InChI is InChI=1S/C16H13F2N3O/c1-9(15-20-13-4-2-3-5-14(13)21-15)19-16(22)10-6-7-11(17)12(18)8-10/h2-9H,1H3,(H,19,22)(H,20,21)/t9-/m1/s1. The molecule has 0 unspecified atom stereocenters. The molecule has 0 radical (unpaired) electrons. The number of aromatic nitrogens is 2. The Morgan fingerprint density at radius 1 is 1.18 bits per heavy atom. The molecule has 22 heavy (non-hydrogen) atoms. The van der Waals surface area contributed by atoms with Crippen LogP contribution in [0.3, 0.4) is 0 Å². The van der Waals surface area contributed by atoms with Gasteiger partial charge in [0.2, 0.25) is 0 Å². The summed E-state index contributed by atoms with van der Waals surface area (Å²) in [5, 5.41) is 2.70. The fraction of sp³-hybridized carbons (Fsp3) is 0.125. The van der Waals surface area contributed by atoms with Crippen LogP contribution in [0.1, 0.15) is 29.1 Å². The van der Waals surface area contributed by atoms with Crippen LogP contribution in [0.4, 0.5) is 8.78 Å². The molecule has 1 amide bonds. The van der Waals surface area contributed by atoms with Gasteiger partial charge in [-0.05, 0) is 37.3 Å². The Hall–Kier alpha value is -2.76. The van der Waals surface area contributed by atoms with Crippen LogP contribution in [-0.4, -0.2) is 15.9 Å². The third kappa shape index (κ3) is 2.67. The minimum absolute atomic E-state index is 0.0573. The number of rotatable bonds is 3. The van der Waals surface area contributed by atoms with Crippen molar-refractivity contribution in [3.8, 4) is 0 Å². The average Bonchev–Trinajstić information content (AvgIpc) is 2.94. The summed E-state index contributed by atoms with van der Waals surface area (Å²) in [5.41, 5.74) is 1.72. The van der Waals surface area contributed by atoms with E-state index in [-0.39, 0.29) is 5.56 Å². The predicted molar refractivity (Wildman–Crippen MR) is 78.3 cm³/mol. The summed E-state index contributed by atoms with van der Waals surface area (Å²) in [4.78, 5) is 19.6. The topological polar surface area (TPSA) is 57.8 Å². The van der Waals surface area contributed by atoms with Gasteiger partial charge in [0.25, 0.3) is 5.91 Å². The monoisotopic (exact) mass is 301 g/mol. The van der Waals surface area contributed by atoms with Crippen LogP contribution < -0.4 is 5.32 Å². The first kappa shape index (κ1) is 14.2. The lowest BCUT2D eigenvalue weighted by Crippen LogP contribution is -2.27. The Morgan fingerprint density at radius 2 is 1.95 bits per heavy atom. The number of benzene rings is 2. The SMILES string of the molecule is C[C@@H](NC(=O)c1ccc(F)c(F)c1)c1nc2ccccc2[nH]1. The summed E-state index contributed by atoms with van der Waals surface area (Å²) in [5.74, 6) is -1.94. The fourth-order valence-electron chi connectivity index (χ4n) is 2.16. The quantitative estimate of drug-likeness (QED) is 0.779. The molecule has 1 heterocycles. The molecule has 0 aliphatic carbocycles. The number of fused-ring (bicyclic) bond motifs is 1. The van der Waals surface area contributed by atoms with Gasteiger partial charge in [0.15, 0.2) is 11.6 Å². The van der Waals surface area contributed by atoms with Gasteiger partial charge in [-0.3, -0.25) is 4.79 Å². The molecule has 1 aromatic heterocycles. The number of halogens is 2. The third-order valence-corrected chi connectivity index (χ3v) is 3.35. The predicted octanol–water partition coefficient (Wildman–Crippen LogP) is 3.33. The Bertz CT molecular complexity index is 811. The maximum absolute atomic E-state index is 13.2. The molecule has 0 fully saturated rings. The van der Waals surface area contributed by atoms with Gasteiger partial charge < -0.3 is 10.3 Å². The van der Waals surface area contributed by atoms with Crippen molar-refractivity contribution in [2.75, 3.05) is 0 Å². The van der Waals surface area contributed by atoms with Crippen molar-refractivity contribution in [3.63, 3.8) is 0 Å². The Labute approximate surface area is 125 Å². The molecule has 112 valence electrons. The highest BCUT2D eigenvalue weighted by Crippen LogP contribution is 2.16. The maximum atomic E-state index is 13.2. The molecule has 0 saturated heterocycles. The molecule has 0 saturated carbocycles. The second-order valence-corrected chi connectivity index (χ2v) is 4.96. The highest BCUT2D eigenvalue weighted by molar-refractivity contribution is 5.94. The summed E-state index contributed by atoms with van der Waals surface area (Å²) in [6.07, 6.45) is 0. The third-order valence-electron chi connectivity index (χ3n) is 3.35. The number of aromatic amines is 1. The average molecular weight is 301 g/mol. The Kier molecular flexibility index (Phi) is 3.58. The minimum atomic E-state index is -1.05. The van der Waals surface area contributed by atoms with Gasteiger partial charge >= 0.3 is 0 Å². The lowest BCUT2D eigenvalue weighted by atomic mass is 10.2. The highest BCUT2D eigenvalue weighted by atomic mass is 19.2. The zero-order valence-electron chi connectivity index (χ0n) is 11.7. The van der Waals surface area contributed by atoms with Crippen molar-refractivity contribution in [1.29, 1.82) is 0 Å². The Balaban J connectivity index is 1.79. The van der Waals surface area contributed by atoms with Gasteiger partial charge in [-0.15, -0.1) is 0 Å². The van der Waals surface area contributed by atoms with Gasteiger partial charge in [-0.25, -0.2) is 13.8 Å². The molecule has 2 N–H and O–H groups in total. The zero-order chi connectivity index (χ0) is 15.7. The number of imidazole rings is 1. The van der Waals surface area contributed by atoms with Crippen molar-refractivity contribution in [2.45, 2.75) is 13.0 Å². The number of nitrogens with one attached hydrogen (secondary N) is 2. The van der Waals surface area contributed by atoms with E-state index < -0.39 is 23.6 Å². The van der Waals surface area contributed by atoms with Crippen LogP contribution in [0.2, 0.25) is 0 Å². The number of nitrogens with zero attached hydrogens (tertiary/aromatic N) is 1. The van der Waals surface area contributed by atoms with E-state index in [0.717, 1.165) is 23.2 Å². The molecular weight excluding hydrogens is 288 g/mol. The van der Waals surface area contributed by atoms with E-state index in [1.807, 2.05) is 24.3 Å². The van der Waals surface area contributed by atoms with Gasteiger partial charge in [0.1, 0.15) is 5.82 Å². The van der Waals surface area contributed by atoms with E-state index in [0.29, 0.717) is 5.82 Å². The number of amides is 1. The molecule has 3 rings (SSSR count). The second kappa shape index (κ2) is 5.55. The van der Waals surface area contributed by atoms with Gasteiger partial charge in [0, 0.05) is 5.56 Å². The van der Waals surface area contributed by atoms with Crippen molar-refractivity contribution in [1.82, 2.24) is 15.3 Å². The summed E-state index contributed by atoms with van der Waals surface area (Å²) in [6, 6.07) is 10.1. The molecule has 0 aliphatic heterocycles. The van der Waals surface area contributed by atoms with Crippen LogP contribution >= 0.6 is 0 Å². The van der Waals surface area contributed by atoms with E-state index >= 15 is 0 Å². The van der Waals surface area contributed by atoms with Crippen LogP contribution in [0.5, 0.6) is 0 Å². The first-order chi connectivity index (χ1) is 10.5. The van der Waals surface area contributed by atoms with E-state index in [1.165, 1.54) is 6.07 Å². The normalized spacial score (nSPS) is 12.3. The zero-order valence-corrected chi connectivity index (χ0v) is 11.7. The molecule has 4 nitrogen and oxygen atoms in total. The van der Waals surface area contributed by atoms with Crippen LogP contribution in [0, 0.1) is 11.6 Å². The molecule has 1 atom stereocenters. The molecular formula is C16H13F2N3O. The fourth-order valence-corrected chi connectivity index (χ4v) is 2.16. The Morgan fingerprint density at radius 3 is 2.68 bits per heavy atom. The number of carbonyl (C=O) groups is 1. The van der Waals surface area contributed by atoms with Crippen LogP contribution in [0.25, 0.3) is 11.0 Å². The lowest BCUT2D eigenvalue weighted by Gasteiger charge is -2.11. The van der Waals surface area contributed by atoms with E-state index in [1.54, 1.807) is 6.92 Å². The number of hydrogen-bond acceptors (Lipinski definition) is 2. The summed E-state index contributed by atoms with van der Waals surface area (Å²) < 4.78 is 26.1. The van der Waals surface area contributed by atoms with Crippen LogP contribution in [-0.2, 0) is 0 Å². The molecule has 0 spiro atoms. The van der Waals surface area contributed by atoms with E-state index in [9.17, 15) is 13.6 Å². The van der Waals surface area contributed by atoms with Crippen LogP contribution in [0.15, 0.2) is 42.5 Å². The smallest absolute Gasteiger partial charge is 0.251 e. The summed E-state index contributed by atoms with van der Waals surface area (Å²) in [7, 11) is 0. The summed E-state index contributed by atoms with van der Waals surface area (Å²) >= 11 is 0. The van der Waals surface area contributed by atoms with Crippen molar-refractivity contribution in [3.05, 3.63) is 65.5 Å². The highest BCUT2D eigenvalue weighted by Gasteiger charge is 2.16. The summed E-state index contributed by atoms with van der Waals surface area (Å²) in [6.45, 7) is 1.76. The van der Waals surface area contributed by atoms with Gasteiger partial charge in [-0.1, -0.05) is 12.1 Å². The number of hydrogen-bond donors (Lipinski definition) is 2. The van der Waals surface area contributed by atoms with Gasteiger partial charge in [-0.2, -0.15) is 0 Å². The lowest BCUT2D eigenvalue weighted by molar-refractivity contribution is 0.0938. The molecule has 0 aliphatic rings. The second-order valence-electron chi connectivity index (χ2n) is 4.96. The van der Waals surface area contributed by atoms with Gasteiger partial charge in [0.05, 0.1) is 17.1 Å². The van der Waals surface area contributed by atoms with E-state index in [2.05, 4.69) is 15.3 Å². The largest absolute Gasteiger partial charge is 0.342 e. The van der Waals surface area contributed by atoms with E-state index in [4.69, 9.17) is 0 Å². The first-order valence-electron chi connectivity index (χ1n) is 6.75. The number of para-hydroxylation sites is 2. The minimum Gasteiger partial charge on any atom is -0.342 e. The van der Waals surface area contributed by atoms with Crippen molar-refractivity contribution < 1.29 is 13.6 Å². The molecule has 0 bridgehead atoms. The number of H-pyrrole nitrogens is 1. The van der Waals surface area contributed by atoms with Crippen molar-refractivity contribution in [2.24, 2.45) is 0 Å².